The zero-order valence-electron chi connectivity index (χ0n) is 14.7. The van der Waals surface area contributed by atoms with Crippen molar-refractivity contribution in [3.63, 3.8) is 0 Å². The Balaban J connectivity index is 1.34. The third-order valence-corrected chi connectivity index (χ3v) is 5.09. The molecular formula is C17H25N7O. The lowest BCUT2D eigenvalue weighted by molar-refractivity contribution is 0.327. The molecule has 0 atom stereocenters. The molecule has 4 heterocycles. The van der Waals surface area contributed by atoms with Crippen molar-refractivity contribution in [2.45, 2.75) is 38.3 Å². The van der Waals surface area contributed by atoms with Crippen LogP contribution in [0.15, 0.2) is 18.5 Å². The minimum atomic E-state index is 0.404. The van der Waals surface area contributed by atoms with Crippen LogP contribution in [0.2, 0.25) is 0 Å². The second-order valence-electron chi connectivity index (χ2n) is 6.79. The van der Waals surface area contributed by atoms with E-state index < -0.39 is 0 Å². The van der Waals surface area contributed by atoms with Crippen molar-refractivity contribution in [1.29, 1.82) is 0 Å². The highest BCUT2D eigenvalue weighted by atomic mass is 16.5. The summed E-state index contributed by atoms with van der Waals surface area (Å²) in [6.07, 6.45) is 8.52. The Kier molecular flexibility index (Phi) is 4.78. The van der Waals surface area contributed by atoms with Crippen LogP contribution in [0.3, 0.4) is 0 Å². The van der Waals surface area contributed by atoms with Gasteiger partial charge in [0.05, 0.1) is 25.0 Å². The molecule has 0 amide bonds. The number of rotatable bonds is 5. The molecule has 0 aliphatic carbocycles. The number of likely N-dealkylation sites (tertiary alicyclic amines) is 1. The first kappa shape index (κ1) is 16.3. The molecule has 2 saturated heterocycles. The van der Waals surface area contributed by atoms with Gasteiger partial charge in [-0.15, -0.1) is 5.10 Å². The largest absolute Gasteiger partial charge is 0.481 e. The van der Waals surface area contributed by atoms with Crippen molar-refractivity contribution in [2.24, 2.45) is 0 Å². The standard InChI is InChI=1S/C17H25N7O/c1-25-16-4-7-18-17(19-16)23-10-5-15(6-11-23)24-13-14(20-21-24)12-22-8-2-3-9-22/h4,7,13,15H,2-3,5-6,8-12H2,1H3. The van der Waals surface area contributed by atoms with E-state index in [2.05, 4.69) is 41.0 Å². The SMILES string of the molecule is COc1ccnc(N2CCC(n3cc(CN4CCCC4)nn3)CC2)n1. The topological polar surface area (TPSA) is 72.2 Å². The molecule has 134 valence electrons. The third kappa shape index (κ3) is 3.73. The van der Waals surface area contributed by atoms with Gasteiger partial charge in [-0.05, 0) is 38.8 Å². The van der Waals surface area contributed by atoms with Crippen molar-refractivity contribution in [2.75, 3.05) is 38.2 Å². The van der Waals surface area contributed by atoms with Gasteiger partial charge >= 0.3 is 0 Å². The van der Waals surface area contributed by atoms with Crippen LogP contribution in [0, 0.1) is 0 Å². The van der Waals surface area contributed by atoms with Crippen LogP contribution < -0.4 is 9.64 Å². The molecule has 0 spiro atoms. The average molecular weight is 343 g/mol. The summed E-state index contributed by atoms with van der Waals surface area (Å²) in [6.45, 7) is 5.13. The van der Waals surface area contributed by atoms with Gasteiger partial charge in [0.2, 0.25) is 11.8 Å². The van der Waals surface area contributed by atoms with Gasteiger partial charge in [0.15, 0.2) is 0 Å². The highest BCUT2D eigenvalue weighted by molar-refractivity contribution is 5.32. The summed E-state index contributed by atoms with van der Waals surface area (Å²) >= 11 is 0. The number of hydrogen-bond acceptors (Lipinski definition) is 7. The second kappa shape index (κ2) is 7.35. The molecule has 2 aliphatic rings. The maximum Gasteiger partial charge on any atom is 0.228 e. The summed E-state index contributed by atoms with van der Waals surface area (Å²) in [4.78, 5) is 13.5. The lowest BCUT2D eigenvalue weighted by Gasteiger charge is -2.31. The van der Waals surface area contributed by atoms with E-state index in [4.69, 9.17) is 4.74 Å². The van der Waals surface area contributed by atoms with Crippen LogP contribution in [0.1, 0.15) is 37.4 Å². The van der Waals surface area contributed by atoms with E-state index in [0.29, 0.717) is 11.9 Å². The van der Waals surface area contributed by atoms with E-state index in [-0.39, 0.29) is 0 Å². The molecule has 2 aromatic heterocycles. The van der Waals surface area contributed by atoms with E-state index in [9.17, 15) is 0 Å². The molecule has 0 bridgehead atoms. The maximum atomic E-state index is 5.19. The lowest BCUT2D eigenvalue weighted by Crippen LogP contribution is -2.35. The molecule has 8 heteroatoms. The molecular weight excluding hydrogens is 318 g/mol. The average Bonchev–Trinajstić information content (AvgIpc) is 3.34. The van der Waals surface area contributed by atoms with Crippen LogP contribution >= 0.6 is 0 Å². The van der Waals surface area contributed by atoms with Gasteiger partial charge < -0.3 is 9.64 Å². The van der Waals surface area contributed by atoms with Crippen molar-refractivity contribution >= 4 is 5.95 Å². The number of aromatic nitrogens is 5. The zero-order valence-corrected chi connectivity index (χ0v) is 14.7. The predicted octanol–water partition coefficient (Wildman–Crippen LogP) is 1.51. The van der Waals surface area contributed by atoms with Gasteiger partial charge in [-0.2, -0.15) is 4.98 Å². The van der Waals surface area contributed by atoms with Crippen LogP contribution in [0.5, 0.6) is 5.88 Å². The molecule has 25 heavy (non-hydrogen) atoms. The summed E-state index contributed by atoms with van der Waals surface area (Å²) in [5, 5.41) is 8.75. The molecule has 0 unspecified atom stereocenters. The molecule has 8 nitrogen and oxygen atoms in total. The van der Waals surface area contributed by atoms with Gasteiger partial charge in [-0.3, -0.25) is 4.90 Å². The number of hydrogen-bond donors (Lipinski definition) is 0. The fourth-order valence-electron chi connectivity index (χ4n) is 3.66. The van der Waals surface area contributed by atoms with Crippen LogP contribution in [-0.2, 0) is 6.54 Å². The smallest absolute Gasteiger partial charge is 0.228 e. The Morgan fingerprint density at radius 3 is 2.72 bits per heavy atom. The van der Waals surface area contributed by atoms with Crippen molar-refractivity contribution < 1.29 is 4.74 Å². The molecule has 0 radical (unpaired) electrons. The first-order chi connectivity index (χ1) is 12.3. The number of nitrogens with zero attached hydrogens (tertiary/aromatic N) is 7. The fraction of sp³-hybridized carbons (Fsp3) is 0.647. The Bertz CT molecular complexity index is 690. The fourth-order valence-corrected chi connectivity index (χ4v) is 3.66. The minimum absolute atomic E-state index is 0.404. The minimum Gasteiger partial charge on any atom is -0.481 e. The molecule has 2 aliphatic heterocycles. The van der Waals surface area contributed by atoms with Gasteiger partial charge in [0.1, 0.15) is 0 Å². The second-order valence-corrected chi connectivity index (χ2v) is 6.79. The zero-order chi connectivity index (χ0) is 17.1. The molecule has 0 N–H and O–H groups in total. The van der Waals surface area contributed by atoms with Gasteiger partial charge in [-0.1, -0.05) is 5.21 Å². The van der Waals surface area contributed by atoms with Crippen molar-refractivity contribution in [1.82, 2.24) is 29.9 Å². The van der Waals surface area contributed by atoms with Crippen molar-refractivity contribution in [3.05, 3.63) is 24.2 Å². The van der Waals surface area contributed by atoms with Gasteiger partial charge in [0.25, 0.3) is 0 Å². The van der Waals surface area contributed by atoms with E-state index in [0.717, 1.165) is 44.1 Å². The first-order valence-corrected chi connectivity index (χ1v) is 9.07. The summed E-state index contributed by atoms with van der Waals surface area (Å²) in [5.74, 6) is 1.35. The number of methoxy groups -OCH3 is 1. The first-order valence-electron chi connectivity index (χ1n) is 9.07. The highest BCUT2D eigenvalue weighted by Crippen LogP contribution is 2.25. The van der Waals surface area contributed by atoms with E-state index in [1.807, 2.05) is 0 Å². The van der Waals surface area contributed by atoms with Crippen LogP contribution in [0.4, 0.5) is 5.95 Å². The summed E-state index contributed by atoms with van der Waals surface area (Å²) in [6, 6.07) is 2.18. The third-order valence-electron chi connectivity index (χ3n) is 5.09. The monoisotopic (exact) mass is 343 g/mol. The molecule has 2 aromatic rings. The number of ether oxygens (including phenoxy) is 1. The highest BCUT2D eigenvalue weighted by Gasteiger charge is 2.24. The number of anilines is 1. The van der Waals surface area contributed by atoms with E-state index in [1.165, 1.54) is 25.9 Å². The molecule has 0 aromatic carbocycles. The Morgan fingerprint density at radius 1 is 1.16 bits per heavy atom. The Hall–Kier alpha value is -2.22. The molecule has 0 saturated carbocycles. The lowest BCUT2D eigenvalue weighted by atomic mass is 10.1. The molecule has 4 rings (SSSR count). The van der Waals surface area contributed by atoms with E-state index in [1.54, 1.807) is 19.4 Å². The van der Waals surface area contributed by atoms with Crippen LogP contribution in [0.25, 0.3) is 0 Å². The summed E-state index contributed by atoms with van der Waals surface area (Å²) in [7, 11) is 1.63. The summed E-state index contributed by atoms with van der Waals surface area (Å²) < 4.78 is 7.24. The van der Waals surface area contributed by atoms with Gasteiger partial charge in [-0.25, -0.2) is 9.67 Å². The maximum absolute atomic E-state index is 5.19. The van der Waals surface area contributed by atoms with Gasteiger partial charge in [0, 0.05) is 31.9 Å². The Morgan fingerprint density at radius 2 is 1.96 bits per heavy atom. The molecule has 2 fully saturated rings. The Labute approximate surface area is 147 Å². The normalized spacial score (nSPS) is 19.5. The summed E-state index contributed by atoms with van der Waals surface area (Å²) in [5.41, 5.74) is 1.08. The van der Waals surface area contributed by atoms with E-state index >= 15 is 0 Å². The number of piperidine rings is 1. The van der Waals surface area contributed by atoms with Crippen molar-refractivity contribution in [3.8, 4) is 5.88 Å². The van der Waals surface area contributed by atoms with Crippen LogP contribution in [-0.4, -0.2) is 63.2 Å². The predicted molar refractivity (Wildman–Crippen MR) is 93.6 cm³/mol. The quantitative estimate of drug-likeness (QED) is 0.815.